The summed E-state index contributed by atoms with van der Waals surface area (Å²) < 4.78 is 29.9. The maximum Gasteiger partial charge on any atom is 0.349 e. The predicted molar refractivity (Wildman–Crippen MR) is 130 cm³/mol. The van der Waals surface area contributed by atoms with E-state index < -0.39 is 11.6 Å². The fraction of sp³-hybridized carbons (Fsp3) is 0.292. The zero-order chi connectivity index (χ0) is 24.1. The van der Waals surface area contributed by atoms with Crippen LogP contribution < -0.4 is 15.8 Å². The van der Waals surface area contributed by atoms with Crippen LogP contribution in [0.25, 0.3) is 22.0 Å². The second kappa shape index (κ2) is 8.63. The minimum atomic E-state index is -0.701. The van der Waals surface area contributed by atoms with Crippen LogP contribution in [0.4, 0.5) is 14.6 Å². The van der Waals surface area contributed by atoms with Crippen molar-refractivity contribution in [2.75, 3.05) is 24.5 Å². The summed E-state index contributed by atoms with van der Waals surface area (Å²) in [6.45, 7) is 7.48. The molecular formula is C24H21ClF2N4O2Si. The van der Waals surface area contributed by atoms with Gasteiger partial charge in [-0.1, -0.05) is 18.2 Å². The quantitative estimate of drug-likeness (QED) is 0.411. The molecule has 2 aromatic carbocycles. The Bertz CT molecular complexity index is 1410. The third kappa shape index (κ3) is 3.63. The first kappa shape index (κ1) is 22.7. The van der Waals surface area contributed by atoms with Crippen molar-refractivity contribution in [2.45, 2.75) is 25.6 Å². The maximum atomic E-state index is 14.8. The molecule has 3 heterocycles. The Kier molecular flexibility index (Phi) is 5.77. The van der Waals surface area contributed by atoms with Gasteiger partial charge in [0.25, 0.3) is 0 Å². The summed E-state index contributed by atoms with van der Waals surface area (Å²) in [5.74, 6) is -0.990. The highest BCUT2D eigenvalue weighted by atomic mass is 35.5. The molecule has 5 rings (SSSR count). The topological polar surface area (TPSA) is 58.4 Å². The van der Waals surface area contributed by atoms with Gasteiger partial charge >= 0.3 is 5.69 Å². The molecule has 10 heteroatoms. The number of benzene rings is 2. The van der Waals surface area contributed by atoms with Gasteiger partial charge in [-0.2, -0.15) is 4.98 Å². The lowest BCUT2D eigenvalue weighted by Crippen LogP contribution is -2.54. The fourth-order valence-corrected chi connectivity index (χ4v) is 6.70. The van der Waals surface area contributed by atoms with Gasteiger partial charge < -0.3 is 9.80 Å². The monoisotopic (exact) mass is 498 g/mol. The molecule has 2 aliphatic rings. The fourth-order valence-electron chi connectivity index (χ4n) is 4.85. The first-order chi connectivity index (χ1) is 16.3. The number of halogens is 3. The van der Waals surface area contributed by atoms with Crippen LogP contribution in [-0.4, -0.2) is 55.6 Å². The Morgan fingerprint density at radius 1 is 1.26 bits per heavy atom. The highest BCUT2D eigenvalue weighted by Crippen LogP contribution is 2.36. The molecule has 0 saturated carbocycles. The van der Waals surface area contributed by atoms with E-state index in [2.05, 4.69) is 11.6 Å². The number of piperazine rings is 1. The molecule has 0 unspecified atom stereocenters. The number of nitrogens with zero attached hydrogens (tertiary/aromatic N) is 4. The van der Waals surface area contributed by atoms with E-state index in [1.54, 1.807) is 15.5 Å². The van der Waals surface area contributed by atoms with Crippen molar-refractivity contribution in [3.63, 3.8) is 0 Å². The van der Waals surface area contributed by atoms with Crippen LogP contribution in [0.15, 0.2) is 41.7 Å². The van der Waals surface area contributed by atoms with E-state index in [1.807, 2.05) is 11.8 Å². The number of hydrogen-bond donors (Lipinski definition) is 0. The molecule has 1 saturated heterocycles. The molecule has 1 fully saturated rings. The summed E-state index contributed by atoms with van der Waals surface area (Å²) in [5, 5.41) is 1.82. The highest BCUT2D eigenvalue weighted by molar-refractivity contribution is 6.61. The summed E-state index contributed by atoms with van der Waals surface area (Å²) >= 11 is 6.73. The van der Waals surface area contributed by atoms with Crippen LogP contribution in [0.1, 0.15) is 6.92 Å². The third-order valence-corrected chi connectivity index (χ3v) is 8.03. The van der Waals surface area contributed by atoms with E-state index in [-0.39, 0.29) is 23.2 Å². The van der Waals surface area contributed by atoms with Gasteiger partial charge in [-0.15, -0.1) is 0 Å². The number of carbonyl (C=O) groups excluding carboxylic acids is 1. The molecule has 1 aromatic heterocycles. The first-order valence-electron chi connectivity index (χ1n) is 10.9. The van der Waals surface area contributed by atoms with Crippen molar-refractivity contribution in [3.05, 3.63) is 64.1 Å². The summed E-state index contributed by atoms with van der Waals surface area (Å²) in [5.41, 5.74) is 1.02. The van der Waals surface area contributed by atoms with Gasteiger partial charge in [0.1, 0.15) is 17.5 Å². The van der Waals surface area contributed by atoms with Gasteiger partial charge in [0, 0.05) is 59.8 Å². The number of hydrogen-bond acceptors (Lipinski definition) is 4. The molecule has 0 spiro atoms. The molecule has 0 N–H and O–H groups in total. The number of aryl methyl sites for hydroxylation is 1. The highest BCUT2D eigenvalue weighted by Gasteiger charge is 2.31. The molecule has 6 nitrogen and oxygen atoms in total. The molecular weight excluding hydrogens is 478 g/mol. The molecule has 3 aromatic rings. The SMILES string of the molecule is C=CC(=O)N1CCN(c2nc(=O)n3c4c(c(-c5ccc(F)cc5F)c(Cl)cc24)[Si]CC3)[C@@H](C)C1. The zero-order valence-electron chi connectivity index (χ0n) is 18.4. The Morgan fingerprint density at radius 2 is 2.06 bits per heavy atom. The summed E-state index contributed by atoms with van der Waals surface area (Å²) in [6, 6.07) is 5.76. The van der Waals surface area contributed by atoms with Crippen molar-refractivity contribution < 1.29 is 13.6 Å². The van der Waals surface area contributed by atoms with E-state index in [0.29, 0.717) is 69.0 Å². The molecule has 1 atom stereocenters. The number of amides is 1. The lowest BCUT2D eigenvalue weighted by Gasteiger charge is -2.41. The van der Waals surface area contributed by atoms with E-state index in [1.165, 1.54) is 18.2 Å². The minimum Gasteiger partial charge on any atom is -0.350 e. The molecule has 0 aliphatic carbocycles. The standard InChI is InChI=1S/C24H21ClF2N4O2Si/c1-3-19(32)29-6-7-30(13(2)12-29)23-16-11-17(25)20(15-5-4-14(26)10-18(15)27)22-21(16)31(8-9-34-22)24(33)28-23/h3-5,10-11,13H,1,6-9,12H2,2H3/t13-/m0/s1. The van der Waals surface area contributed by atoms with Gasteiger partial charge in [0.15, 0.2) is 0 Å². The molecule has 0 bridgehead atoms. The molecule has 2 radical (unpaired) electrons. The van der Waals surface area contributed by atoms with Crippen LogP contribution in [0, 0.1) is 11.6 Å². The lowest BCUT2D eigenvalue weighted by atomic mass is 10.0. The van der Waals surface area contributed by atoms with Gasteiger partial charge in [0.05, 0.1) is 15.0 Å². The lowest BCUT2D eigenvalue weighted by molar-refractivity contribution is -0.126. The maximum absolute atomic E-state index is 14.8. The number of carbonyl (C=O) groups is 1. The second-order valence-corrected chi connectivity index (χ2v) is 10.2. The van der Waals surface area contributed by atoms with Crippen LogP contribution in [0.5, 0.6) is 0 Å². The van der Waals surface area contributed by atoms with E-state index in [0.717, 1.165) is 11.3 Å². The van der Waals surface area contributed by atoms with Gasteiger partial charge in [-0.25, -0.2) is 13.6 Å². The van der Waals surface area contributed by atoms with Crippen molar-refractivity contribution in [3.8, 4) is 11.1 Å². The largest absolute Gasteiger partial charge is 0.350 e. The number of aromatic nitrogens is 2. The van der Waals surface area contributed by atoms with Crippen molar-refractivity contribution in [1.82, 2.24) is 14.5 Å². The normalized spacial score (nSPS) is 17.8. The summed E-state index contributed by atoms with van der Waals surface area (Å²) in [4.78, 5) is 33.3. The molecule has 34 heavy (non-hydrogen) atoms. The van der Waals surface area contributed by atoms with Gasteiger partial charge in [0.2, 0.25) is 5.91 Å². The van der Waals surface area contributed by atoms with E-state index >= 15 is 0 Å². The van der Waals surface area contributed by atoms with Crippen molar-refractivity contribution >= 4 is 48.9 Å². The second-order valence-electron chi connectivity index (χ2n) is 8.46. The average Bonchev–Trinajstić information content (AvgIpc) is 2.81. The molecule has 1 amide bonds. The van der Waals surface area contributed by atoms with Crippen LogP contribution >= 0.6 is 11.6 Å². The predicted octanol–water partition coefficient (Wildman–Crippen LogP) is 2.98. The first-order valence-corrected chi connectivity index (χ1v) is 12.5. The Balaban J connectivity index is 1.71. The average molecular weight is 499 g/mol. The number of rotatable bonds is 3. The van der Waals surface area contributed by atoms with Gasteiger partial charge in [-0.05, 0) is 42.4 Å². The van der Waals surface area contributed by atoms with E-state index in [9.17, 15) is 18.4 Å². The van der Waals surface area contributed by atoms with Gasteiger partial charge in [-0.3, -0.25) is 9.36 Å². The molecule has 2 aliphatic heterocycles. The zero-order valence-corrected chi connectivity index (χ0v) is 20.2. The minimum absolute atomic E-state index is 0.0922. The summed E-state index contributed by atoms with van der Waals surface area (Å²) in [7, 11) is 0.305. The van der Waals surface area contributed by atoms with E-state index in [4.69, 9.17) is 11.6 Å². The molecule has 174 valence electrons. The Morgan fingerprint density at radius 3 is 2.76 bits per heavy atom. The van der Waals surface area contributed by atoms with Crippen LogP contribution in [0.3, 0.4) is 0 Å². The van der Waals surface area contributed by atoms with Crippen LogP contribution in [0.2, 0.25) is 11.1 Å². The van der Waals surface area contributed by atoms with Crippen LogP contribution in [-0.2, 0) is 11.3 Å². The summed E-state index contributed by atoms with van der Waals surface area (Å²) in [6.07, 6.45) is 1.30. The van der Waals surface area contributed by atoms with Crippen molar-refractivity contribution in [2.24, 2.45) is 0 Å². The Labute approximate surface area is 202 Å². The Hall–Kier alpha value is -3.04. The number of anilines is 1. The van der Waals surface area contributed by atoms with Crippen molar-refractivity contribution in [1.29, 1.82) is 0 Å². The smallest absolute Gasteiger partial charge is 0.349 e. The third-order valence-electron chi connectivity index (χ3n) is 6.42.